The third-order valence-electron chi connectivity index (χ3n) is 3.74. The normalized spacial score (nSPS) is 26.8. The average Bonchev–Trinajstić information content (AvgIpc) is 2.64. The molecule has 0 aromatic rings. The molecule has 0 heterocycles. The van der Waals surface area contributed by atoms with E-state index in [0.29, 0.717) is 6.04 Å². The Bertz CT molecular complexity index is 168. The van der Waals surface area contributed by atoms with Crippen LogP contribution in [0.15, 0.2) is 0 Å². The maximum absolute atomic E-state index is 3.47. The third kappa shape index (κ3) is 3.76. The van der Waals surface area contributed by atoms with E-state index in [1.54, 1.807) is 0 Å². The first-order valence-corrected chi connectivity index (χ1v) is 6.60. The van der Waals surface area contributed by atoms with Gasteiger partial charge in [0.2, 0.25) is 0 Å². The van der Waals surface area contributed by atoms with Crippen molar-refractivity contribution in [2.24, 2.45) is 5.92 Å². The monoisotopic (exact) mass is 212 g/mol. The van der Waals surface area contributed by atoms with E-state index in [9.17, 15) is 0 Å². The van der Waals surface area contributed by atoms with E-state index in [1.165, 1.54) is 38.8 Å². The quantitative estimate of drug-likeness (QED) is 0.728. The molecule has 1 saturated carbocycles. The molecule has 2 atom stereocenters. The second-order valence-electron chi connectivity index (χ2n) is 5.17. The van der Waals surface area contributed by atoms with Gasteiger partial charge < -0.3 is 10.2 Å². The van der Waals surface area contributed by atoms with Crippen LogP contribution in [0.1, 0.15) is 46.5 Å². The summed E-state index contributed by atoms with van der Waals surface area (Å²) >= 11 is 0. The van der Waals surface area contributed by atoms with Gasteiger partial charge in [0.25, 0.3) is 0 Å². The van der Waals surface area contributed by atoms with Crippen LogP contribution in [0.5, 0.6) is 0 Å². The molecule has 0 aliphatic heterocycles. The minimum Gasteiger partial charge on any atom is -0.317 e. The SMILES string of the molecule is CCCN(CC1CCCC1NC)C(C)C. The minimum atomic E-state index is 0.697. The van der Waals surface area contributed by atoms with Crippen LogP contribution in [-0.4, -0.2) is 37.1 Å². The molecule has 1 rings (SSSR count). The topological polar surface area (TPSA) is 15.3 Å². The maximum Gasteiger partial charge on any atom is 0.0104 e. The fourth-order valence-electron chi connectivity index (χ4n) is 2.78. The molecule has 0 aromatic heterocycles. The van der Waals surface area contributed by atoms with Gasteiger partial charge in [0.15, 0.2) is 0 Å². The van der Waals surface area contributed by atoms with E-state index >= 15 is 0 Å². The zero-order valence-electron chi connectivity index (χ0n) is 10.9. The molecule has 1 aliphatic rings. The standard InChI is InChI=1S/C13H28N2/c1-5-9-15(11(2)3)10-12-7-6-8-13(12)14-4/h11-14H,5-10H2,1-4H3. The lowest BCUT2D eigenvalue weighted by atomic mass is 10.0. The van der Waals surface area contributed by atoms with E-state index in [2.05, 4.69) is 38.0 Å². The summed E-state index contributed by atoms with van der Waals surface area (Å²) < 4.78 is 0. The van der Waals surface area contributed by atoms with Crippen molar-refractivity contribution in [2.45, 2.75) is 58.5 Å². The lowest BCUT2D eigenvalue weighted by Crippen LogP contribution is -2.41. The van der Waals surface area contributed by atoms with Gasteiger partial charge in [-0.15, -0.1) is 0 Å². The van der Waals surface area contributed by atoms with Crippen molar-refractivity contribution in [3.05, 3.63) is 0 Å². The van der Waals surface area contributed by atoms with Crippen molar-refractivity contribution in [3.8, 4) is 0 Å². The van der Waals surface area contributed by atoms with Crippen LogP contribution in [0.2, 0.25) is 0 Å². The first kappa shape index (κ1) is 13.0. The van der Waals surface area contributed by atoms with Crippen molar-refractivity contribution in [3.63, 3.8) is 0 Å². The van der Waals surface area contributed by atoms with E-state index in [1.807, 2.05) is 0 Å². The Morgan fingerprint density at radius 1 is 1.33 bits per heavy atom. The van der Waals surface area contributed by atoms with Gasteiger partial charge in [0.05, 0.1) is 0 Å². The van der Waals surface area contributed by atoms with E-state index in [4.69, 9.17) is 0 Å². The van der Waals surface area contributed by atoms with Gasteiger partial charge in [-0.05, 0) is 52.6 Å². The number of nitrogens with zero attached hydrogens (tertiary/aromatic N) is 1. The molecule has 15 heavy (non-hydrogen) atoms. The van der Waals surface area contributed by atoms with Crippen LogP contribution in [-0.2, 0) is 0 Å². The van der Waals surface area contributed by atoms with Crippen molar-refractivity contribution in [1.29, 1.82) is 0 Å². The Labute approximate surface area is 95.4 Å². The Morgan fingerprint density at radius 2 is 2.07 bits per heavy atom. The van der Waals surface area contributed by atoms with Crippen LogP contribution >= 0.6 is 0 Å². The lowest BCUT2D eigenvalue weighted by molar-refractivity contribution is 0.177. The zero-order chi connectivity index (χ0) is 11.3. The number of hydrogen-bond acceptors (Lipinski definition) is 2. The lowest BCUT2D eigenvalue weighted by Gasteiger charge is -2.31. The molecule has 0 saturated heterocycles. The number of nitrogens with one attached hydrogen (secondary N) is 1. The summed E-state index contributed by atoms with van der Waals surface area (Å²) in [4.78, 5) is 2.64. The molecule has 2 heteroatoms. The molecule has 0 amide bonds. The highest BCUT2D eigenvalue weighted by Crippen LogP contribution is 2.26. The van der Waals surface area contributed by atoms with Gasteiger partial charge >= 0.3 is 0 Å². The third-order valence-corrected chi connectivity index (χ3v) is 3.74. The predicted molar refractivity (Wildman–Crippen MR) is 67.2 cm³/mol. The van der Waals surface area contributed by atoms with E-state index in [0.717, 1.165) is 12.0 Å². The summed E-state index contributed by atoms with van der Waals surface area (Å²) in [6, 6.07) is 1.46. The van der Waals surface area contributed by atoms with E-state index in [-0.39, 0.29) is 0 Å². The molecule has 0 radical (unpaired) electrons. The Hall–Kier alpha value is -0.0800. The Kier molecular flexibility index (Phi) is 5.62. The summed E-state index contributed by atoms with van der Waals surface area (Å²) in [7, 11) is 2.11. The van der Waals surface area contributed by atoms with Crippen LogP contribution in [0.25, 0.3) is 0 Å². The molecular formula is C13H28N2. The first-order valence-electron chi connectivity index (χ1n) is 6.60. The Balaban J connectivity index is 2.42. The molecule has 1 fully saturated rings. The molecule has 90 valence electrons. The molecule has 2 unspecified atom stereocenters. The zero-order valence-corrected chi connectivity index (χ0v) is 10.9. The van der Waals surface area contributed by atoms with Crippen molar-refractivity contribution in [2.75, 3.05) is 20.1 Å². The second kappa shape index (κ2) is 6.49. The highest BCUT2D eigenvalue weighted by molar-refractivity contribution is 4.84. The molecule has 1 N–H and O–H groups in total. The predicted octanol–water partition coefficient (Wildman–Crippen LogP) is 2.49. The molecule has 0 bridgehead atoms. The summed E-state index contributed by atoms with van der Waals surface area (Å²) in [5.41, 5.74) is 0. The van der Waals surface area contributed by atoms with Gasteiger partial charge in [-0.3, -0.25) is 0 Å². The van der Waals surface area contributed by atoms with Crippen LogP contribution < -0.4 is 5.32 Å². The van der Waals surface area contributed by atoms with Gasteiger partial charge in [0, 0.05) is 18.6 Å². The van der Waals surface area contributed by atoms with Gasteiger partial charge in [-0.1, -0.05) is 13.3 Å². The summed E-state index contributed by atoms with van der Waals surface area (Å²) in [5.74, 6) is 0.879. The van der Waals surface area contributed by atoms with Crippen molar-refractivity contribution < 1.29 is 0 Å². The van der Waals surface area contributed by atoms with Crippen LogP contribution in [0.4, 0.5) is 0 Å². The van der Waals surface area contributed by atoms with Crippen molar-refractivity contribution in [1.82, 2.24) is 10.2 Å². The van der Waals surface area contributed by atoms with E-state index < -0.39 is 0 Å². The minimum absolute atomic E-state index is 0.697. The van der Waals surface area contributed by atoms with Gasteiger partial charge in [-0.25, -0.2) is 0 Å². The number of rotatable bonds is 6. The summed E-state index contributed by atoms with van der Waals surface area (Å²) in [6.07, 6.45) is 5.47. The molecule has 0 aromatic carbocycles. The molecule has 1 aliphatic carbocycles. The highest BCUT2D eigenvalue weighted by Gasteiger charge is 2.27. The summed E-state index contributed by atoms with van der Waals surface area (Å²) in [5, 5.41) is 3.47. The fraction of sp³-hybridized carbons (Fsp3) is 1.00. The van der Waals surface area contributed by atoms with Gasteiger partial charge in [0.1, 0.15) is 0 Å². The maximum atomic E-state index is 3.47. The van der Waals surface area contributed by atoms with Gasteiger partial charge in [-0.2, -0.15) is 0 Å². The molecular weight excluding hydrogens is 184 g/mol. The summed E-state index contributed by atoms with van der Waals surface area (Å²) in [6.45, 7) is 9.46. The largest absolute Gasteiger partial charge is 0.317 e. The molecule has 2 nitrogen and oxygen atoms in total. The van der Waals surface area contributed by atoms with Crippen LogP contribution in [0, 0.1) is 5.92 Å². The van der Waals surface area contributed by atoms with Crippen molar-refractivity contribution >= 4 is 0 Å². The first-order chi connectivity index (χ1) is 7.19. The number of hydrogen-bond donors (Lipinski definition) is 1. The Morgan fingerprint density at radius 3 is 2.60 bits per heavy atom. The molecule has 0 spiro atoms. The second-order valence-corrected chi connectivity index (χ2v) is 5.17. The highest BCUT2D eigenvalue weighted by atomic mass is 15.1. The smallest absolute Gasteiger partial charge is 0.0104 e. The fourth-order valence-corrected chi connectivity index (χ4v) is 2.78. The average molecular weight is 212 g/mol. The van der Waals surface area contributed by atoms with Crippen LogP contribution in [0.3, 0.4) is 0 Å².